The van der Waals surface area contributed by atoms with Crippen LogP contribution < -0.4 is 5.32 Å². The summed E-state index contributed by atoms with van der Waals surface area (Å²) < 4.78 is 4.60. The number of rotatable bonds is 5. The highest BCUT2D eigenvalue weighted by Gasteiger charge is 2.19. The molecule has 0 saturated carbocycles. The first-order valence-electron chi connectivity index (χ1n) is 9.21. The lowest BCUT2D eigenvalue weighted by Crippen LogP contribution is -2.14. The Morgan fingerprint density at radius 3 is 2.67 bits per heavy atom. The van der Waals surface area contributed by atoms with Gasteiger partial charge in [0.15, 0.2) is 5.13 Å². The molecule has 0 atom stereocenters. The number of carbonyl (C=O) groups excluding carboxylic acids is 2. The predicted octanol–water partition coefficient (Wildman–Crippen LogP) is 4.25. The number of non-ortho nitro benzene ring substituents is 1. The molecule has 0 unspecified atom stereocenters. The molecule has 1 aliphatic carbocycles. The summed E-state index contributed by atoms with van der Waals surface area (Å²) in [4.78, 5) is 39.4. The average molecular weight is 423 g/mol. The van der Waals surface area contributed by atoms with Crippen LogP contribution in [0, 0.1) is 10.1 Å². The molecule has 4 rings (SSSR count). The fourth-order valence-electron chi connectivity index (χ4n) is 3.45. The monoisotopic (exact) mass is 423 g/mol. The third kappa shape index (κ3) is 3.92. The summed E-state index contributed by atoms with van der Waals surface area (Å²) >= 11 is 1.26. The SMILES string of the molecule is COC(=O)c1cc(C(=O)Nc2nc(-c3ccc4c(c3)CCC4)cs2)cc([N+](=O)[O-])c1. The Hall–Kier alpha value is -3.59. The minimum Gasteiger partial charge on any atom is -0.465 e. The molecule has 2 aromatic carbocycles. The van der Waals surface area contributed by atoms with Gasteiger partial charge in [0.05, 0.1) is 23.3 Å². The smallest absolute Gasteiger partial charge is 0.338 e. The summed E-state index contributed by atoms with van der Waals surface area (Å²) in [6.45, 7) is 0. The summed E-state index contributed by atoms with van der Waals surface area (Å²) in [7, 11) is 1.16. The van der Waals surface area contributed by atoms with Gasteiger partial charge in [0.1, 0.15) is 0 Å². The third-order valence-corrected chi connectivity index (χ3v) is 5.69. The van der Waals surface area contributed by atoms with E-state index in [1.165, 1.54) is 28.5 Å². The second-order valence-corrected chi connectivity index (χ2v) is 7.70. The summed E-state index contributed by atoms with van der Waals surface area (Å²) in [5.74, 6) is -1.36. The van der Waals surface area contributed by atoms with Gasteiger partial charge in [-0.15, -0.1) is 11.3 Å². The van der Waals surface area contributed by atoms with Crippen molar-refractivity contribution in [2.75, 3.05) is 12.4 Å². The zero-order chi connectivity index (χ0) is 21.3. The fraction of sp³-hybridized carbons (Fsp3) is 0.190. The first-order valence-corrected chi connectivity index (χ1v) is 10.1. The summed E-state index contributed by atoms with van der Waals surface area (Å²) in [6.07, 6.45) is 3.32. The lowest BCUT2D eigenvalue weighted by atomic mass is 10.1. The highest BCUT2D eigenvalue weighted by Crippen LogP contribution is 2.30. The van der Waals surface area contributed by atoms with Gasteiger partial charge in [-0.2, -0.15) is 0 Å². The number of fused-ring (bicyclic) bond motifs is 1. The van der Waals surface area contributed by atoms with Crippen LogP contribution in [-0.2, 0) is 17.6 Å². The second kappa shape index (κ2) is 8.03. The van der Waals surface area contributed by atoms with Gasteiger partial charge in [-0.1, -0.05) is 12.1 Å². The molecule has 1 amide bonds. The molecule has 0 saturated heterocycles. The normalized spacial score (nSPS) is 12.3. The number of ether oxygens (including phenoxy) is 1. The van der Waals surface area contributed by atoms with Crippen molar-refractivity contribution in [3.8, 4) is 11.3 Å². The van der Waals surface area contributed by atoms with Crippen molar-refractivity contribution in [2.45, 2.75) is 19.3 Å². The van der Waals surface area contributed by atoms with E-state index in [-0.39, 0.29) is 16.8 Å². The average Bonchev–Trinajstić information content (AvgIpc) is 3.41. The van der Waals surface area contributed by atoms with E-state index in [0.717, 1.165) is 49.8 Å². The van der Waals surface area contributed by atoms with Crippen molar-refractivity contribution in [3.63, 3.8) is 0 Å². The molecule has 0 radical (unpaired) electrons. The fourth-order valence-corrected chi connectivity index (χ4v) is 4.16. The molecule has 152 valence electrons. The predicted molar refractivity (Wildman–Crippen MR) is 112 cm³/mol. The van der Waals surface area contributed by atoms with Crippen molar-refractivity contribution in [3.05, 3.63) is 74.1 Å². The van der Waals surface area contributed by atoms with Gasteiger partial charge in [0.2, 0.25) is 0 Å². The molecule has 0 fully saturated rings. The molecule has 3 aromatic rings. The molecule has 1 aromatic heterocycles. The number of esters is 1. The number of hydrogen-bond acceptors (Lipinski definition) is 7. The van der Waals surface area contributed by atoms with E-state index in [2.05, 4.69) is 27.2 Å². The number of aryl methyl sites for hydroxylation is 2. The van der Waals surface area contributed by atoms with E-state index in [1.54, 1.807) is 0 Å². The number of carbonyl (C=O) groups is 2. The van der Waals surface area contributed by atoms with Crippen LogP contribution in [0.4, 0.5) is 10.8 Å². The molecule has 0 spiro atoms. The zero-order valence-electron chi connectivity index (χ0n) is 16.0. The van der Waals surface area contributed by atoms with Gasteiger partial charge in [0.25, 0.3) is 11.6 Å². The molecule has 0 bridgehead atoms. The van der Waals surface area contributed by atoms with Crippen molar-refractivity contribution in [2.24, 2.45) is 0 Å². The van der Waals surface area contributed by atoms with Crippen molar-refractivity contribution in [1.29, 1.82) is 0 Å². The van der Waals surface area contributed by atoms with Gasteiger partial charge in [-0.3, -0.25) is 20.2 Å². The Morgan fingerprint density at radius 2 is 1.90 bits per heavy atom. The Morgan fingerprint density at radius 1 is 1.13 bits per heavy atom. The molecule has 1 N–H and O–H groups in total. The third-order valence-electron chi connectivity index (χ3n) is 4.93. The number of thiazole rings is 1. The Balaban J connectivity index is 1.57. The van der Waals surface area contributed by atoms with E-state index in [4.69, 9.17) is 0 Å². The molecule has 30 heavy (non-hydrogen) atoms. The van der Waals surface area contributed by atoms with Gasteiger partial charge in [-0.05, 0) is 42.5 Å². The van der Waals surface area contributed by atoms with Gasteiger partial charge in [-0.25, -0.2) is 9.78 Å². The number of anilines is 1. The number of nitro groups is 1. The molecule has 0 aliphatic heterocycles. The van der Waals surface area contributed by atoms with Gasteiger partial charge < -0.3 is 4.74 Å². The maximum Gasteiger partial charge on any atom is 0.338 e. The Kier molecular flexibility index (Phi) is 5.28. The second-order valence-electron chi connectivity index (χ2n) is 6.85. The van der Waals surface area contributed by atoms with Crippen LogP contribution in [0.3, 0.4) is 0 Å². The van der Waals surface area contributed by atoms with Gasteiger partial charge in [0, 0.05) is 28.6 Å². The lowest BCUT2D eigenvalue weighted by molar-refractivity contribution is -0.384. The zero-order valence-corrected chi connectivity index (χ0v) is 16.8. The summed E-state index contributed by atoms with van der Waals surface area (Å²) in [5, 5.41) is 16.0. The van der Waals surface area contributed by atoms with E-state index in [1.807, 2.05) is 11.4 Å². The van der Waals surface area contributed by atoms with E-state index >= 15 is 0 Å². The maximum absolute atomic E-state index is 12.6. The molecule has 1 aliphatic rings. The van der Waals surface area contributed by atoms with Crippen LogP contribution in [0.5, 0.6) is 0 Å². The quantitative estimate of drug-likeness (QED) is 0.373. The number of aromatic nitrogens is 1. The van der Waals surface area contributed by atoms with Crippen LogP contribution in [-0.4, -0.2) is 28.9 Å². The lowest BCUT2D eigenvalue weighted by Gasteiger charge is -2.05. The number of methoxy groups -OCH3 is 1. The highest BCUT2D eigenvalue weighted by molar-refractivity contribution is 7.14. The van der Waals surface area contributed by atoms with Crippen molar-refractivity contribution in [1.82, 2.24) is 4.98 Å². The standard InChI is InChI=1S/C21H17N3O5S/c1-29-20(26)16-8-15(9-17(10-16)24(27)28)19(25)23-21-22-18(11-30-21)14-6-5-12-3-2-4-13(12)7-14/h5-11H,2-4H2,1H3,(H,22,23,25). The van der Waals surface area contributed by atoms with E-state index in [9.17, 15) is 19.7 Å². The minimum atomic E-state index is -0.763. The van der Waals surface area contributed by atoms with Gasteiger partial charge >= 0.3 is 5.97 Å². The molecule has 9 heteroatoms. The molecular formula is C21H17N3O5S. The first kappa shape index (κ1) is 19.7. The van der Waals surface area contributed by atoms with E-state index in [0.29, 0.717) is 5.13 Å². The summed E-state index contributed by atoms with van der Waals surface area (Å²) in [5.41, 5.74) is 3.96. The molecule has 8 nitrogen and oxygen atoms in total. The van der Waals surface area contributed by atoms with E-state index < -0.39 is 16.8 Å². The van der Waals surface area contributed by atoms with Crippen LogP contribution in [0.2, 0.25) is 0 Å². The first-order chi connectivity index (χ1) is 14.4. The molecular weight excluding hydrogens is 406 g/mol. The van der Waals surface area contributed by atoms with Crippen LogP contribution in [0.15, 0.2) is 41.8 Å². The maximum atomic E-state index is 12.6. The number of nitro benzene ring substituents is 1. The summed E-state index contributed by atoms with van der Waals surface area (Å²) in [6, 6.07) is 9.70. The van der Waals surface area contributed by atoms with Crippen LogP contribution in [0.1, 0.15) is 38.3 Å². The minimum absolute atomic E-state index is 0.0288. The van der Waals surface area contributed by atoms with Crippen molar-refractivity contribution >= 4 is 34.0 Å². The number of nitrogens with one attached hydrogen (secondary N) is 1. The van der Waals surface area contributed by atoms with Crippen molar-refractivity contribution < 1.29 is 19.2 Å². The highest BCUT2D eigenvalue weighted by atomic mass is 32.1. The Bertz CT molecular complexity index is 1170. The number of hydrogen-bond donors (Lipinski definition) is 1. The molecule has 1 heterocycles. The number of benzene rings is 2. The number of amides is 1. The largest absolute Gasteiger partial charge is 0.465 e. The van der Waals surface area contributed by atoms with Crippen LogP contribution in [0.25, 0.3) is 11.3 Å². The number of nitrogens with zero attached hydrogens (tertiary/aromatic N) is 2. The topological polar surface area (TPSA) is 111 Å². The van der Waals surface area contributed by atoms with Crippen LogP contribution >= 0.6 is 11.3 Å². The Labute approximate surface area is 175 Å².